The van der Waals surface area contributed by atoms with E-state index >= 15 is 0 Å². The highest BCUT2D eigenvalue weighted by Crippen LogP contribution is 2.06. The summed E-state index contributed by atoms with van der Waals surface area (Å²) in [6.07, 6.45) is 0. The molecule has 0 radical (unpaired) electrons. The lowest BCUT2D eigenvalue weighted by atomic mass is 10.1. The molecule has 15 heavy (non-hydrogen) atoms. The molecule has 0 aromatic carbocycles. The Balaban J connectivity index is 4.61. The van der Waals surface area contributed by atoms with Crippen molar-refractivity contribution in [3.63, 3.8) is 0 Å². The van der Waals surface area contributed by atoms with Crippen molar-refractivity contribution in [3.8, 4) is 0 Å². The zero-order chi connectivity index (χ0) is 12.2. The van der Waals surface area contributed by atoms with Crippen LogP contribution in [-0.2, 0) is 10.0 Å². The van der Waals surface area contributed by atoms with Crippen molar-refractivity contribution in [3.05, 3.63) is 0 Å². The molecule has 0 bridgehead atoms. The second-order valence-electron chi connectivity index (χ2n) is 4.42. The van der Waals surface area contributed by atoms with Gasteiger partial charge in [0, 0.05) is 0 Å². The van der Waals surface area contributed by atoms with Crippen LogP contribution in [0.15, 0.2) is 0 Å². The van der Waals surface area contributed by atoms with Gasteiger partial charge in [0.1, 0.15) is 0 Å². The fraction of sp³-hybridized carbons (Fsp3) is 0.889. The summed E-state index contributed by atoms with van der Waals surface area (Å²) < 4.78 is 25.8. The number of nitrogens with two attached hydrogens (primary N) is 1. The number of thiocarbonyl (C=S) groups is 1. The Bertz CT molecular complexity index is 310. The molecule has 6 heteroatoms. The number of sulfonamides is 1. The van der Waals surface area contributed by atoms with Crippen LogP contribution in [0.2, 0.25) is 0 Å². The topological polar surface area (TPSA) is 72.2 Å². The molecule has 90 valence electrons. The van der Waals surface area contributed by atoms with Crippen LogP contribution in [0, 0.1) is 11.8 Å². The van der Waals surface area contributed by atoms with Gasteiger partial charge < -0.3 is 5.73 Å². The quantitative estimate of drug-likeness (QED) is 0.688. The molecule has 4 nitrogen and oxygen atoms in total. The fourth-order valence-electron chi connectivity index (χ4n) is 1.20. The number of rotatable bonds is 6. The van der Waals surface area contributed by atoms with Gasteiger partial charge in [-0.2, -0.15) is 0 Å². The maximum Gasteiger partial charge on any atom is 0.212 e. The molecule has 0 heterocycles. The van der Waals surface area contributed by atoms with Crippen molar-refractivity contribution in [2.75, 3.05) is 5.75 Å². The Hall–Kier alpha value is -0.200. The second kappa shape index (κ2) is 5.77. The molecule has 0 aliphatic rings. The first kappa shape index (κ1) is 14.8. The molecule has 3 N–H and O–H groups in total. The molecule has 0 aliphatic heterocycles. The first-order chi connectivity index (χ1) is 6.65. The van der Waals surface area contributed by atoms with E-state index in [1.165, 1.54) is 0 Å². The van der Waals surface area contributed by atoms with E-state index in [0.717, 1.165) is 0 Å². The Morgan fingerprint density at radius 2 is 1.80 bits per heavy atom. The highest BCUT2D eigenvalue weighted by Gasteiger charge is 2.23. The molecule has 0 aromatic heterocycles. The van der Waals surface area contributed by atoms with Gasteiger partial charge in [0.05, 0.1) is 16.8 Å². The highest BCUT2D eigenvalue weighted by atomic mass is 32.2. The average molecular weight is 252 g/mol. The molecule has 0 saturated carbocycles. The Labute approximate surface area is 97.7 Å². The number of hydrogen-bond donors (Lipinski definition) is 2. The van der Waals surface area contributed by atoms with Crippen molar-refractivity contribution in [1.82, 2.24) is 4.72 Å². The Kier molecular flexibility index (Phi) is 5.69. The van der Waals surface area contributed by atoms with Crippen LogP contribution >= 0.6 is 12.2 Å². The third-order valence-electron chi connectivity index (χ3n) is 1.83. The van der Waals surface area contributed by atoms with Crippen molar-refractivity contribution < 1.29 is 8.42 Å². The summed E-state index contributed by atoms with van der Waals surface area (Å²) >= 11 is 4.83. The smallest absolute Gasteiger partial charge is 0.212 e. The molecule has 1 unspecified atom stereocenters. The van der Waals surface area contributed by atoms with Gasteiger partial charge in [-0.1, -0.05) is 39.9 Å². The van der Waals surface area contributed by atoms with Crippen LogP contribution in [0.3, 0.4) is 0 Å². The minimum absolute atomic E-state index is 0.0597. The van der Waals surface area contributed by atoms with E-state index in [-0.39, 0.29) is 22.6 Å². The minimum Gasteiger partial charge on any atom is -0.392 e. The molecule has 1 atom stereocenters. The maximum atomic E-state index is 11.6. The normalized spacial score (nSPS) is 14.5. The fourth-order valence-corrected chi connectivity index (χ4v) is 3.37. The third kappa shape index (κ3) is 6.06. The predicted molar refractivity (Wildman–Crippen MR) is 67.2 cm³/mol. The molecule has 0 spiro atoms. The van der Waals surface area contributed by atoms with Gasteiger partial charge >= 0.3 is 0 Å². The third-order valence-corrected chi connectivity index (χ3v) is 3.80. The summed E-state index contributed by atoms with van der Waals surface area (Å²) in [6.45, 7) is 7.46. The van der Waals surface area contributed by atoms with Gasteiger partial charge in [-0.05, 0) is 11.8 Å². The molecule has 0 rings (SSSR count). The lowest BCUT2D eigenvalue weighted by Gasteiger charge is -2.21. The van der Waals surface area contributed by atoms with Gasteiger partial charge in [0.25, 0.3) is 0 Å². The maximum absolute atomic E-state index is 11.6. The predicted octanol–water partition coefficient (Wildman–Crippen LogP) is 0.872. The van der Waals surface area contributed by atoms with E-state index in [0.29, 0.717) is 0 Å². The first-order valence-electron chi connectivity index (χ1n) is 4.95. The van der Waals surface area contributed by atoms with Gasteiger partial charge in [-0.3, -0.25) is 0 Å². The second-order valence-corrected chi connectivity index (χ2v) is 6.69. The zero-order valence-electron chi connectivity index (χ0n) is 9.65. The summed E-state index contributed by atoms with van der Waals surface area (Å²) in [5, 5.41) is 0. The lowest BCUT2D eigenvalue weighted by Crippen LogP contribution is -2.47. The van der Waals surface area contributed by atoms with Crippen molar-refractivity contribution in [2.24, 2.45) is 17.6 Å². The van der Waals surface area contributed by atoms with Crippen LogP contribution < -0.4 is 10.5 Å². The zero-order valence-corrected chi connectivity index (χ0v) is 11.3. The molecule has 0 amide bonds. The molecule has 0 aromatic rings. The monoisotopic (exact) mass is 252 g/mol. The molecular weight excluding hydrogens is 232 g/mol. The van der Waals surface area contributed by atoms with Gasteiger partial charge in [0.15, 0.2) is 0 Å². The average Bonchev–Trinajstić information content (AvgIpc) is 1.96. The van der Waals surface area contributed by atoms with Gasteiger partial charge in [0.2, 0.25) is 10.0 Å². The molecule has 0 saturated heterocycles. The standard InChI is InChI=1S/C9H20N2O2S2/c1-6(2)5-15(12,13)11-8(7(3)4)9(10)14/h6-8,11H,5H2,1-4H3,(H2,10,14). The molecule has 0 fully saturated rings. The van der Waals surface area contributed by atoms with Crippen molar-refractivity contribution in [1.29, 1.82) is 0 Å². The van der Waals surface area contributed by atoms with Gasteiger partial charge in [-0.15, -0.1) is 0 Å². The van der Waals surface area contributed by atoms with Crippen LogP contribution in [0.5, 0.6) is 0 Å². The number of hydrogen-bond acceptors (Lipinski definition) is 3. The van der Waals surface area contributed by atoms with Crippen LogP contribution in [0.4, 0.5) is 0 Å². The minimum atomic E-state index is -3.29. The summed E-state index contributed by atoms with van der Waals surface area (Å²) in [5.41, 5.74) is 5.48. The summed E-state index contributed by atoms with van der Waals surface area (Å²) in [6, 6.07) is -0.455. The van der Waals surface area contributed by atoms with E-state index in [2.05, 4.69) is 4.72 Å². The van der Waals surface area contributed by atoms with Crippen LogP contribution in [0.1, 0.15) is 27.7 Å². The Morgan fingerprint density at radius 1 is 1.33 bits per heavy atom. The summed E-state index contributed by atoms with van der Waals surface area (Å²) in [7, 11) is -3.29. The van der Waals surface area contributed by atoms with E-state index in [9.17, 15) is 8.42 Å². The lowest BCUT2D eigenvalue weighted by molar-refractivity contribution is 0.520. The summed E-state index contributed by atoms with van der Waals surface area (Å²) in [4.78, 5) is 0.192. The SMILES string of the molecule is CC(C)CS(=O)(=O)NC(C(N)=S)C(C)C. The molecule has 0 aliphatic carbocycles. The van der Waals surface area contributed by atoms with Gasteiger partial charge in [-0.25, -0.2) is 13.1 Å². The highest BCUT2D eigenvalue weighted by molar-refractivity contribution is 7.89. The van der Waals surface area contributed by atoms with E-state index in [4.69, 9.17) is 18.0 Å². The first-order valence-corrected chi connectivity index (χ1v) is 7.01. The van der Waals surface area contributed by atoms with E-state index in [1.54, 1.807) is 0 Å². The Morgan fingerprint density at radius 3 is 2.07 bits per heavy atom. The van der Waals surface area contributed by atoms with Crippen molar-refractivity contribution in [2.45, 2.75) is 33.7 Å². The summed E-state index contributed by atoms with van der Waals surface area (Å²) in [5.74, 6) is 0.241. The van der Waals surface area contributed by atoms with Crippen molar-refractivity contribution >= 4 is 27.2 Å². The van der Waals surface area contributed by atoms with Crippen LogP contribution in [-0.4, -0.2) is 25.2 Å². The molecular formula is C9H20N2O2S2. The number of nitrogens with one attached hydrogen (secondary N) is 1. The van der Waals surface area contributed by atoms with E-state index in [1.807, 2.05) is 27.7 Å². The largest absolute Gasteiger partial charge is 0.392 e. The van der Waals surface area contributed by atoms with E-state index < -0.39 is 16.1 Å². The van der Waals surface area contributed by atoms with Crippen LogP contribution in [0.25, 0.3) is 0 Å².